The summed E-state index contributed by atoms with van der Waals surface area (Å²) in [6, 6.07) is 3.44. The Balaban J connectivity index is 1.97. The molecule has 7 heteroatoms. The van der Waals surface area contributed by atoms with Crippen LogP contribution in [0.5, 0.6) is 11.6 Å². The predicted molar refractivity (Wildman–Crippen MR) is 74.3 cm³/mol. The van der Waals surface area contributed by atoms with Gasteiger partial charge >= 0.3 is 5.97 Å². The number of esters is 1. The first kappa shape index (κ1) is 13.0. The summed E-state index contributed by atoms with van der Waals surface area (Å²) in [5, 5.41) is 0.762. The number of hydrogen-bond acceptors (Lipinski definition) is 6. The fraction of sp³-hybridized carbons (Fsp3) is 0.143. The topological polar surface area (TPSA) is 90.0 Å². The van der Waals surface area contributed by atoms with Crippen LogP contribution in [0.4, 0.5) is 0 Å². The molecule has 0 fully saturated rings. The first-order valence-electron chi connectivity index (χ1n) is 6.19. The molecule has 0 unspecified atom stereocenters. The van der Waals surface area contributed by atoms with Gasteiger partial charge in [0.05, 0.1) is 24.3 Å². The Morgan fingerprint density at radius 3 is 2.90 bits per heavy atom. The number of rotatable bonds is 3. The number of fused-ring (bicyclic) bond motifs is 1. The Morgan fingerprint density at radius 1 is 1.24 bits per heavy atom. The van der Waals surface area contributed by atoms with Crippen LogP contribution in [-0.2, 0) is 4.74 Å². The largest absolute Gasteiger partial charge is 0.465 e. The number of nitrogens with zero attached hydrogens (tertiary/aromatic N) is 3. The molecule has 106 valence electrons. The fourth-order valence-corrected chi connectivity index (χ4v) is 1.95. The van der Waals surface area contributed by atoms with E-state index in [0.717, 1.165) is 11.1 Å². The van der Waals surface area contributed by atoms with Crippen molar-refractivity contribution in [3.8, 4) is 11.6 Å². The maximum absolute atomic E-state index is 11.5. The van der Waals surface area contributed by atoms with Gasteiger partial charge in [0.1, 0.15) is 17.7 Å². The molecule has 0 amide bonds. The van der Waals surface area contributed by atoms with E-state index < -0.39 is 5.97 Å². The van der Waals surface area contributed by atoms with Gasteiger partial charge in [-0.1, -0.05) is 0 Å². The molecular weight excluding hydrogens is 272 g/mol. The highest BCUT2D eigenvalue weighted by molar-refractivity contribution is 5.89. The number of nitrogens with one attached hydrogen (secondary N) is 1. The second-order valence-corrected chi connectivity index (χ2v) is 4.40. The number of aromatic amines is 1. The van der Waals surface area contributed by atoms with Gasteiger partial charge in [-0.25, -0.2) is 14.8 Å². The van der Waals surface area contributed by atoms with Crippen molar-refractivity contribution in [1.29, 1.82) is 0 Å². The quantitative estimate of drug-likeness (QED) is 0.742. The zero-order valence-corrected chi connectivity index (χ0v) is 11.5. The normalized spacial score (nSPS) is 10.6. The van der Waals surface area contributed by atoms with E-state index in [1.807, 2.05) is 13.0 Å². The minimum Gasteiger partial charge on any atom is -0.465 e. The molecule has 0 saturated carbocycles. The monoisotopic (exact) mass is 284 g/mol. The number of hydrogen-bond donors (Lipinski definition) is 1. The third-order valence-corrected chi connectivity index (χ3v) is 2.87. The summed E-state index contributed by atoms with van der Waals surface area (Å²) in [5.74, 6) is 0.322. The number of carbonyl (C=O) groups is 1. The average molecular weight is 284 g/mol. The number of carbonyl (C=O) groups excluding carboxylic acids is 1. The van der Waals surface area contributed by atoms with E-state index in [2.05, 4.69) is 24.7 Å². The van der Waals surface area contributed by atoms with Gasteiger partial charge in [0, 0.05) is 11.9 Å². The standard InChI is InChI=1S/C14H12N4O3/c1-8-3-11-12(18-8)16-7-17-13(11)21-10-4-9(5-15-6-10)14(19)20-2/h3-7H,1-2H3,(H,16,17,18). The van der Waals surface area contributed by atoms with Crippen molar-refractivity contribution >= 4 is 17.0 Å². The van der Waals surface area contributed by atoms with Crippen molar-refractivity contribution in [2.45, 2.75) is 6.92 Å². The molecule has 3 aromatic heterocycles. The molecule has 0 bridgehead atoms. The van der Waals surface area contributed by atoms with E-state index in [1.165, 1.54) is 25.8 Å². The molecule has 1 N–H and O–H groups in total. The van der Waals surface area contributed by atoms with E-state index in [9.17, 15) is 4.79 Å². The average Bonchev–Trinajstić information content (AvgIpc) is 2.88. The molecule has 0 aliphatic rings. The first-order chi connectivity index (χ1) is 10.2. The molecule has 0 aliphatic carbocycles. The van der Waals surface area contributed by atoms with Gasteiger partial charge in [-0.3, -0.25) is 4.98 Å². The van der Waals surface area contributed by atoms with Gasteiger partial charge in [0.25, 0.3) is 0 Å². The van der Waals surface area contributed by atoms with Crippen LogP contribution in [0.25, 0.3) is 11.0 Å². The zero-order chi connectivity index (χ0) is 14.8. The van der Waals surface area contributed by atoms with Crippen LogP contribution >= 0.6 is 0 Å². The predicted octanol–water partition coefficient (Wildman–Crippen LogP) is 2.24. The second-order valence-electron chi connectivity index (χ2n) is 4.40. The zero-order valence-electron chi connectivity index (χ0n) is 11.5. The summed E-state index contributed by atoms with van der Waals surface area (Å²) in [6.07, 6.45) is 4.32. The van der Waals surface area contributed by atoms with Crippen LogP contribution in [0.2, 0.25) is 0 Å². The van der Waals surface area contributed by atoms with Crippen LogP contribution < -0.4 is 4.74 Å². The van der Waals surface area contributed by atoms with Crippen molar-refractivity contribution in [3.05, 3.63) is 42.1 Å². The number of methoxy groups -OCH3 is 1. The van der Waals surface area contributed by atoms with Crippen LogP contribution in [-0.4, -0.2) is 33.0 Å². The molecule has 0 aromatic carbocycles. The third kappa shape index (κ3) is 2.53. The lowest BCUT2D eigenvalue weighted by Gasteiger charge is -2.06. The molecule has 0 atom stereocenters. The minimum atomic E-state index is -0.474. The Kier molecular flexibility index (Phi) is 3.23. The summed E-state index contributed by atoms with van der Waals surface area (Å²) >= 11 is 0. The second kappa shape index (κ2) is 5.20. The smallest absolute Gasteiger partial charge is 0.339 e. The van der Waals surface area contributed by atoms with Crippen molar-refractivity contribution in [2.24, 2.45) is 0 Å². The molecule has 0 saturated heterocycles. The molecule has 0 aliphatic heterocycles. The highest BCUT2D eigenvalue weighted by Gasteiger charge is 2.11. The lowest BCUT2D eigenvalue weighted by molar-refractivity contribution is 0.0600. The summed E-state index contributed by atoms with van der Waals surface area (Å²) < 4.78 is 10.3. The highest BCUT2D eigenvalue weighted by atomic mass is 16.5. The van der Waals surface area contributed by atoms with E-state index >= 15 is 0 Å². The summed E-state index contributed by atoms with van der Waals surface area (Å²) in [5.41, 5.74) is 1.96. The number of aromatic nitrogens is 4. The van der Waals surface area contributed by atoms with Crippen LogP contribution in [0.3, 0.4) is 0 Å². The molecule has 21 heavy (non-hydrogen) atoms. The van der Waals surface area contributed by atoms with Crippen molar-refractivity contribution in [2.75, 3.05) is 7.11 Å². The van der Waals surface area contributed by atoms with Crippen molar-refractivity contribution < 1.29 is 14.3 Å². The summed E-state index contributed by atoms with van der Waals surface area (Å²) in [4.78, 5) is 26.8. The number of H-pyrrole nitrogens is 1. The van der Waals surface area contributed by atoms with E-state index in [0.29, 0.717) is 22.8 Å². The van der Waals surface area contributed by atoms with Gasteiger partial charge in [0.15, 0.2) is 0 Å². The molecule has 3 heterocycles. The lowest BCUT2D eigenvalue weighted by Crippen LogP contribution is -2.02. The molecule has 0 radical (unpaired) electrons. The molecule has 7 nitrogen and oxygen atoms in total. The van der Waals surface area contributed by atoms with Gasteiger partial charge < -0.3 is 14.5 Å². The van der Waals surface area contributed by atoms with Crippen LogP contribution in [0.1, 0.15) is 16.1 Å². The lowest BCUT2D eigenvalue weighted by atomic mass is 10.3. The fourth-order valence-electron chi connectivity index (χ4n) is 1.95. The molecule has 3 aromatic rings. The van der Waals surface area contributed by atoms with Gasteiger partial charge in [0.2, 0.25) is 5.88 Å². The molecule has 3 rings (SSSR count). The molecular formula is C14H12N4O3. The van der Waals surface area contributed by atoms with E-state index in [1.54, 1.807) is 6.07 Å². The van der Waals surface area contributed by atoms with Crippen molar-refractivity contribution in [3.63, 3.8) is 0 Å². The Hall–Kier alpha value is -2.96. The summed E-state index contributed by atoms with van der Waals surface area (Å²) in [7, 11) is 1.31. The summed E-state index contributed by atoms with van der Waals surface area (Å²) in [6.45, 7) is 1.92. The van der Waals surface area contributed by atoms with Gasteiger partial charge in [-0.05, 0) is 19.1 Å². The van der Waals surface area contributed by atoms with Crippen LogP contribution in [0, 0.1) is 6.92 Å². The Bertz CT molecular complexity index is 813. The maximum Gasteiger partial charge on any atom is 0.339 e. The Morgan fingerprint density at radius 2 is 2.10 bits per heavy atom. The van der Waals surface area contributed by atoms with Gasteiger partial charge in [-0.15, -0.1) is 0 Å². The first-order valence-corrected chi connectivity index (χ1v) is 6.19. The van der Waals surface area contributed by atoms with Crippen molar-refractivity contribution in [1.82, 2.24) is 19.9 Å². The van der Waals surface area contributed by atoms with E-state index in [4.69, 9.17) is 4.74 Å². The third-order valence-electron chi connectivity index (χ3n) is 2.87. The Labute approximate surface area is 120 Å². The SMILES string of the molecule is COC(=O)c1cncc(Oc2ncnc3[nH]c(C)cc23)c1. The van der Waals surface area contributed by atoms with Crippen LogP contribution in [0.15, 0.2) is 30.9 Å². The molecule has 0 spiro atoms. The minimum absolute atomic E-state index is 0.311. The number of ether oxygens (including phenoxy) is 2. The highest BCUT2D eigenvalue weighted by Crippen LogP contribution is 2.27. The van der Waals surface area contributed by atoms with E-state index in [-0.39, 0.29) is 0 Å². The number of pyridine rings is 1. The number of aryl methyl sites for hydroxylation is 1. The van der Waals surface area contributed by atoms with Gasteiger partial charge in [-0.2, -0.15) is 0 Å². The maximum atomic E-state index is 11.5.